The molecule has 5 nitrogen and oxygen atoms in total. The third-order valence-corrected chi connectivity index (χ3v) is 5.75. The number of benzene rings is 1. The Morgan fingerprint density at radius 1 is 1.32 bits per heavy atom. The molecule has 1 unspecified atom stereocenters. The van der Waals surface area contributed by atoms with Gasteiger partial charge in [-0.3, -0.25) is 0 Å². The van der Waals surface area contributed by atoms with Gasteiger partial charge in [0.1, 0.15) is 5.75 Å². The Balaban J connectivity index is 2.08. The van der Waals surface area contributed by atoms with Gasteiger partial charge in [0.05, 0.1) is 17.6 Å². The van der Waals surface area contributed by atoms with Crippen LogP contribution in [-0.2, 0) is 14.8 Å². The van der Waals surface area contributed by atoms with Crippen LogP contribution in [0.3, 0.4) is 0 Å². The van der Waals surface area contributed by atoms with Gasteiger partial charge in [-0.1, -0.05) is 15.9 Å². The molecule has 1 heterocycles. The van der Waals surface area contributed by atoms with Gasteiger partial charge in [-0.25, -0.2) is 8.42 Å². The normalized spacial score (nSPS) is 20.0. The number of halogens is 1. The van der Waals surface area contributed by atoms with Gasteiger partial charge in [-0.05, 0) is 44.0 Å². The molecule has 2 rings (SSSR count). The number of rotatable bonds is 7. The second kappa shape index (κ2) is 8.29. The van der Waals surface area contributed by atoms with Crippen molar-refractivity contribution in [2.45, 2.75) is 30.8 Å². The lowest BCUT2D eigenvalue weighted by molar-refractivity contribution is 0.0265. The highest BCUT2D eigenvalue weighted by Crippen LogP contribution is 2.23. The molecule has 1 saturated heterocycles. The van der Waals surface area contributed by atoms with Crippen LogP contribution in [-0.4, -0.2) is 50.5 Å². The van der Waals surface area contributed by atoms with Crippen molar-refractivity contribution in [3.05, 3.63) is 24.3 Å². The summed E-state index contributed by atoms with van der Waals surface area (Å²) in [6.45, 7) is 4.07. The Morgan fingerprint density at radius 3 is 2.68 bits per heavy atom. The molecular formula is C15H22BrNO4S. The van der Waals surface area contributed by atoms with Crippen molar-refractivity contribution in [1.29, 1.82) is 0 Å². The van der Waals surface area contributed by atoms with Crippen LogP contribution in [0.25, 0.3) is 0 Å². The maximum absolute atomic E-state index is 12.7. The second-order valence-electron chi connectivity index (χ2n) is 5.09. The maximum atomic E-state index is 12.7. The van der Waals surface area contributed by atoms with Crippen molar-refractivity contribution in [3.8, 4) is 5.75 Å². The van der Waals surface area contributed by atoms with Gasteiger partial charge in [-0.2, -0.15) is 4.31 Å². The first-order valence-electron chi connectivity index (χ1n) is 7.48. The van der Waals surface area contributed by atoms with Crippen molar-refractivity contribution < 1.29 is 17.9 Å². The number of piperidine rings is 1. The van der Waals surface area contributed by atoms with Crippen LogP contribution in [0.1, 0.15) is 19.8 Å². The molecule has 0 aromatic heterocycles. The van der Waals surface area contributed by atoms with Gasteiger partial charge in [0, 0.05) is 25.0 Å². The first-order valence-corrected chi connectivity index (χ1v) is 10.0. The Hall–Kier alpha value is -0.630. The topological polar surface area (TPSA) is 55.8 Å². The van der Waals surface area contributed by atoms with E-state index >= 15 is 0 Å². The quantitative estimate of drug-likeness (QED) is 0.670. The highest BCUT2D eigenvalue weighted by atomic mass is 79.9. The molecule has 1 aromatic rings. The van der Waals surface area contributed by atoms with Gasteiger partial charge in [0.25, 0.3) is 0 Å². The molecular weight excluding hydrogens is 370 g/mol. The summed E-state index contributed by atoms with van der Waals surface area (Å²) in [7, 11) is -3.46. The minimum Gasteiger partial charge on any atom is -0.493 e. The summed E-state index contributed by atoms with van der Waals surface area (Å²) in [5.74, 6) is 0.671. The molecule has 1 aliphatic rings. The summed E-state index contributed by atoms with van der Waals surface area (Å²) in [6.07, 6.45) is 1.74. The number of sulfonamides is 1. The van der Waals surface area contributed by atoms with Crippen LogP contribution >= 0.6 is 15.9 Å². The van der Waals surface area contributed by atoms with E-state index in [0.29, 0.717) is 36.9 Å². The van der Waals surface area contributed by atoms with Crippen LogP contribution in [0.2, 0.25) is 0 Å². The van der Waals surface area contributed by atoms with E-state index < -0.39 is 10.0 Å². The lowest BCUT2D eigenvalue weighted by Crippen LogP contribution is -2.43. The molecule has 0 N–H and O–H groups in total. The first-order chi connectivity index (χ1) is 10.6. The highest BCUT2D eigenvalue weighted by Gasteiger charge is 2.30. The number of alkyl halides is 1. The summed E-state index contributed by atoms with van der Waals surface area (Å²) in [4.78, 5) is 0.302. The molecule has 1 atom stereocenters. The molecule has 0 aliphatic carbocycles. The third-order valence-electron chi connectivity index (χ3n) is 3.55. The van der Waals surface area contributed by atoms with Crippen molar-refractivity contribution in [1.82, 2.24) is 4.31 Å². The number of hydrogen-bond donors (Lipinski definition) is 0. The third kappa shape index (κ3) is 4.44. The molecule has 1 fully saturated rings. The van der Waals surface area contributed by atoms with Crippen molar-refractivity contribution >= 4 is 26.0 Å². The van der Waals surface area contributed by atoms with Crippen LogP contribution < -0.4 is 4.74 Å². The first kappa shape index (κ1) is 17.7. The predicted octanol–water partition coefficient (Wildman–Crippen LogP) is 2.65. The fraction of sp³-hybridized carbons (Fsp3) is 0.600. The number of hydrogen-bond acceptors (Lipinski definition) is 4. The summed E-state index contributed by atoms with van der Waals surface area (Å²) in [5, 5.41) is 0.736. The minimum absolute atomic E-state index is 0.00457. The van der Waals surface area contributed by atoms with Crippen LogP contribution in [0.4, 0.5) is 0 Å². The molecule has 22 heavy (non-hydrogen) atoms. The number of ether oxygens (including phenoxy) is 2. The molecule has 0 spiro atoms. The lowest BCUT2D eigenvalue weighted by Gasteiger charge is -2.31. The summed E-state index contributed by atoms with van der Waals surface area (Å²) in [5.41, 5.74) is 0. The molecule has 0 saturated carbocycles. The van der Waals surface area contributed by atoms with Crippen molar-refractivity contribution in [3.63, 3.8) is 0 Å². The van der Waals surface area contributed by atoms with Gasteiger partial charge in [-0.15, -0.1) is 0 Å². The molecule has 0 bridgehead atoms. The average Bonchev–Trinajstić information content (AvgIpc) is 2.54. The molecule has 124 valence electrons. The van der Waals surface area contributed by atoms with Gasteiger partial charge in [0.2, 0.25) is 10.0 Å². The molecule has 1 aliphatic heterocycles. The van der Waals surface area contributed by atoms with E-state index in [9.17, 15) is 8.42 Å². The Morgan fingerprint density at radius 2 is 2.05 bits per heavy atom. The van der Waals surface area contributed by atoms with E-state index in [1.54, 1.807) is 24.3 Å². The van der Waals surface area contributed by atoms with Crippen LogP contribution in [0.15, 0.2) is 29.2 Å². The summed E-state index contributed by atoms with van der Waals surface area (Å²) in [6, 6.07) is 6.59. The predicted molar refractivity (Wildman–Crippen MR) is 89.1 cm³/mol. The van der Waals surface area contributed by atoms with Crippen molar-refractivity contribution in [2.75, 3.05) is 31.6 Å². The van der Waals surface area contributed by atoms with E-state index in [-0.39, 0.29) is 6.10 Å². The molecule has 7 heteroatoms. The monoisotopic (exact) mass is 391 g/mol. The van der Waals surface area contributed by atoms with Gasteiger partial charge in [0.15, 0.2) is 0 Å². The van der Waals surface area contributed by atoms with Crippen molar-refractivity contribution in [2.24, 2.45) is 0 Å². The second-order valence-corrected chi connectivity index (χ2v) is 7.82. The van der Waals surface area contributed by atoms with Crippen LogP contribution in [0, 0.1) is 0 Å². The minimum atomic E-state index is -3.46. The highest BCUT2D eigenvalue weighted by molar-refractivity contribution is 9.09. The fourth-order valence-corrected chi connectivity index (χ4v) is 4.18. The van der Waals surface area contributed by atoms with E-state index in [1.165, 1.54) is 4.31 Å². The van der Waals surface area contributed by atoms with Gasteiger partial charge >= 0.3 is 0 Å². The summed E-state index contributed by atoms with van der Waals surface area (Å²) < 4.78 is 37.9. The zero-order chi connectivity index (χ0) is 16.0. The van der Waals surface area contributed by atoms with E-state index in [1.807, 2.05) is 6.92 Å². The molecule has 0 radical (unpaired) electrons. The Kier molecular flexibility index (Phi) is 6.67. The number of nitrogens with zero attached hydrogens (tertiary/aromatic N) is 1. The molecule has 0 amide bonds. The van der Waals surface area contributed by atoms with E-state index in [4.69, 9.17) is 9.47 Å². The zero-order valence-electron chi connectivity index (χ0n) is 12.7. The summed E-state index contributed by atoms with van der Waals surface area (Å²) >= 11 is 3.28. The Labute approximate surface area is 140 Å². The van der Waals surface area contributed by atoms with Gasteiger partial charge < -0.3 is 9.47 Å². The Bertz CT molecular complexity index is 559. The zero-order valence-corrected chi connectivity index (χ0v) is 15.1. The smallest absolute Gasteiger partial charge is 0.243 e. The van der Waals surface area contributed by atoms with Crippen LogP contribution in [0.5, 0.6) is 5.75 Å². The lowest BCUT2D eigenvalue weighted by atomic mass is 10.1. The van der Waals surface area contributed by atoms with E-state index in [0.717, 1.165) is 18.2 Å². The average molecular weight is 392 g/mol. The standard InChI is InChI=1S/C15H22BrNO4S/c1-2-20-14-4-3-10-17(12-14)22(18,19)15-7-5-13(6-8-15)21-11-9-16/h5-8,14H,2-4,9-12H2,1H3. The van der Waals surface area contributed by atoms with E-state index in [2.05, 4.69) is 15.9 Å². The molecule has 1 aromatic carbocycles. The SMILES string of the molecule is CCOC1CCCN(S(=O)(=O)c2ccc(OCCBr)cc2)C1. The maximum Gasteiger partial charge on any atom is 0.243 e. The largest absolute Gasteiger partial charge is 0.493 e. The fourth-order valence-electron chi connectivity index (χ4n) is 2.51.